The van der Waals surface area contributed by atoms with Gasteiger partial charge >= 0.3 is 0 Å². The average Bonchev–Trinajstić information content (AvgIpc) is 3.58. The van der Waals surface area contributed by atoms with Crippen molar-refractivity contribution in [1.29, 1.82) is 15.8 Å². The van der Waals surface area contributed by atoms with Crippen LogP contribution in [0.2, 0.25) is 0 Å². The molecule has 0 saturated heterocycles. The SMILES string of the molecule is N#CC1=Cc2c(c3c(n2-c2ccccc2-c2cccc(C4=CCC(n5c6ccccc6c6cc(C#N)ccc65)C=C4)c2C#N)CCC=C3)C=CC1. The van der Waals surface area contributed by atoms with Gasteiger partial charge < -0.3 is 9.13 Å². The van der Waals surface area contributed by atoms with E-state index >= 15 is 0 Å². The molecule has 3 aliphatic rings. The van der Waals surface area contributed by atoms with Crippen LogP contribution in [0.5, 0.6) is 0 Å². The van der Waals surface area contributed by atoms with E-state index in [0.717, 1.165) is 85.8 Å². The molecule has 0 amide bonds. The van der Waals surface area contributed by atoms with E-state index in [-0.39, 0.29) is 6.04 Å². The predicted octanol–water partition coefficient (Wildman–Crippen LogP) is 10.9. The van der Waals surface area contributed by atoms with Crippen LogP contribution in [0.25, 0.3) is 62.4 Å². The van der Waals surface area contributed by atoms with Gasteiger partial charge in [0.1, 0.15) is 6.07 Å². The minimum atomic E-state index is 0.0863. The first kappa shape index (κ1) is 30.2. The lowest BCUT2D eigenvalue weighted by Crippen LogP contribution is -2.08. The van der Waals surface area contributed by atoms with Crippen LogP contribution in [0.4, 0.5) is 0 Å². The molecule has 5 heteroatoms. The molecular formula is C46H31N5. The number of nitriles is 3. The molecule has 2 aromatic heterocycles. The molecule has 2 heterocycles. The Morgan fingerprint density at radius 1 is 0.686 bits per heavy atom. The number of hydrogen-bond acceptors (Lipinski definition) is 3. The van der Waals surface area contributed by atoms with Gasteiger partial charge in [-0.05, 0) is 66.8 Å². The Kier molecular flexibility index (Phi) is 7.24. The van der Waals surface area contributed by atoms with Gasteiger partial charge in [0.05, 0.1) is 40.7 Å². The van der Waals surface area contributed by atoms with Crippen LogP contribution in [-0.2, 0) is 6.42 Å². The van der Waals surface area contributed by atoms with E-state index in [1.165, 1.54) is 11.3 Å². The standard InChI is InChI=1S/C46H31N5/c47-27-30-9-7-15-38-37-11-2-6-18-44(37)51(46(38)26-30)43-17-5-1-10-36(43)35-14-8-13-34(41(35)29-49)32-20-22-33(23-21-32)50-42-16-4-3-12-39(42)40-25-31(28-48)19-24-45(40)50/h1-5,7-8,10-17,19-22,24-26,33H,6,9,18,23H2. The average molecular weight is 654 g/mol. The van der Waals surface area contributed by atoms with E-state index < -0.39 is 0 Å². The Bertz CT molecular complexity index is 2730. The van der Waals surface area contributed by atoms with Crippen molar-refractivity contribution in [2.45, 2.75) is 31.7 Å². The molecular weight excluding hydrogens is 623 g/mol. The number of para-hydroxylation sites is 2. The summed E-state index contributed by atoms with van der Waals surface area (Å²) in [6.45, 7) is 0. The van der Waals surface area contributed by atoms with Gasteiger partial charge in [0, 0.05) is 61.7 Å². The molecule has 5 nitrogen and oxygen atoms in total. The molecule has 3 aliphatic carbocycles. The first-order chi connectivity index (χ1) is 25.2. The summed E-state index contributed by atoms with van der Waals surface area (Å²) in [6, 6.07) is 36.1. The maximum atomic E-state index is 10.8. The Labute approximate surface area is 296 Å². The summed E-state index contributed by atoms with van der Waals surface area (Å²) in [5, 5.41) is 32.5. The molecule has 1 unspecified atom stereocenters. The molecule has 0 fully saturated rings. The molecule has 4 aromatic carbocycles. The van der Waals surface area contributed by atoms with Gasteiger partial charge in [-0.1, -0.05) is 97.1 Å². The number of allylic oxidation sites excluding steroid dienone is 7. The summed E-state index contributed by atoms with van der Waals surface area (Å²) >= 11 is 0. The lowest BCUT2D eigenvalue weighted by molar-refractivity contribution is 0.649. The molecule has 1 atom stereocenters. The second-order valence-corrected chi connectivity index (χ2v) is 13.2. The Morgan fingerprint density at radius 3 is 2.33 bits per heavy atom. The zero-order chi connectivity index (χ0) is 34.5. The van der Waals surface area contributed by atoms with Crippen LogP contribution in [0.15, 0.2) is 121 Å². The topological polar surface area (TPSA) is 81.2 Å². The van der Waals surface area contributed by atoms with Crippen LogP contribution >= 0.6 is 0 Å². The largest absolute Gasteiger partial charge is 0.333 e. The second kappa shape index (κ2) is 12.2. The zero-order valence-corrected chi connectivity index (χ0v) is 27.8. The molecule has 0 bridgehead atoms. The van der Waals surface area contributed by atoms with E-state index in [2.05, 4.69) is 118 Å². The predicted molar refractivity (Wildman–Crippen MR) is 205 cm³/mol. The highest BCUT2D eigenvalue weighted by Crippen LogP contribution is 2.42. The summed E-state index contributed by atoms with van der Waals surface area (Å²) < 4.78 is 4.69. The smallest absolute Gasteiger partial charge is 0.100 e. The summed E-state index contributed by atoms with van der Waals surface area (Å²) in [5.74, 6) is 0. The van der Waals surface area contributed by atoms with Crippen molar-refractivity contribution in [3.8, 4) is 35.0 Å². The minimum Gasteiger partial charge on any atom is -0.333 e. The lowest BCUT2D eigenvalue weighted by atomic mass is 9.89. The number of nitrogens with zero attached hydrogens (tertiary/aromatic N) is 5. The summed E-state index contributed by atoms with van der Waals surface area (Å²) in [7, 11) is 0. The van der Waals surface area contributed by atoms with Crippen molar-refractivity contribution in [1.82, 2.24) is 9.13 Å². The number of rotatable bonds is 4. The normalized spacial score (nSPS) is 16.1. The van der Waals surface area contributed by atoms with E-state index in [1.54, 1.807) is 0 Å². The summed E-state index contributed by atoms with van der Waals surface area (Å²) in [4.78, 5) is 0. The van der Waals surface area contributed by atoms with Gasteiger partial charge in [0.15, 0.2) is 0 Å². The van der Waals surface area contributed by atoms with Crippen LogP contribution in [0.3, 0.4) is 0 Å². The first-order valence-corrected chi connectivity index (χ1v) is 17.3. The van der Waals surface area contributed by atoms with Crippen molar-refractivity contribution in [2.24, 2.45) is 0 Å². The van der Waals surface area contributed by atoms with Gasteiger partial charge in [-0.3, -0.25) is 0 Å². The highest BCUT2D eigenvalue weighted by Gasteiger charge is 2.26. The third-order valence-corrected chi connectivity index (χ3v) is 10.5. The quantitative estimate of drug-likeness (QED) is 0.190. The van der Waals surface area contributed by atoms with Crippen molar-refractivity contribution in [3.05, 3.63) is 160 Å². The van der Waals surface area contributed by atoms with Crippen LogP contribution in [-0.4, -0.2) is 9.13 Å². The minimum absolute atomic E-state index is 0.0863. The highest BCUT2D eigenvalue weighted by molar-refractivity contribution is 6.08. The van der Waals surface area contributed by atoms with Crippen molar-refractivity contribution in [3.63, 3.8) is 0 Å². The third-order valence-electron chi connectivity index (χ3n) is 10.5. The fourth-order valence-corrected chi connectivity index (χ4v) is 8.20. The summed E-state index contributed by atoms with van der Waals surface area (Å²) in [5.41, 5.74) is 13.6. The highest BCUT2D eigenvalue weighted by atomic mass is 15.0. The van der Waals surface area contributed by atoms with Crippen LogP contribution in [0, 0.1) is 34.0 Å². The van der Waals surface area contributed by atoms with Gasteiger partial charge in [-0.25, -0.2) is 0 Å². The third kappa shape index (κ3) is 4.81. The molecule has 240 valence electrons. The lowest BCUT2D eigenvalue weighted by Gasteiger charge is -2.22. The Hall–Kier alpha value is -6.87. The molecule has 0 aliphatic heterocycles. The molecule has 6 aromatic rings. The van der Waals surface area contributed by atoms with Gasteiger partial charge in [0.2, 0.25) is 0 Å². The molecule has 0 spiro atoms. The second-order valence-electron chi connectivity index (χ2n) is 13.2. The van der Waals surface area contributed by atoms with E-state index in [0.29, 0.717) is 17.5 Å². The Balaban J connectivity index is 1.14. The zero-order valence-electron chi connectivity index (χ0n) is 27.8. The number of fused-ring (bicyclic) bond motifs is 6. The van der Waals surface area contributed by atoms with Crippen molar-refractivity contribution < 1.29 is 0 Å². The van der Waals surface area contributed by atoms with Crippen molar-refractivity contribution >= 4 is 45.6 Å². The van der Waals surface area contributed by atoms with Crippen molar-refractivity contribution in [2.75, 3.05) is 0 Å². The summed E-state index contributed by atoms with van der Waals surface area (Å²) in [6.07, 6.45) is 20.6. The molecule has 0 saturated carbocycles. The molecule has 0 N–H and O–H groups in total. The number of aromatic nitrogens is 2. The van der Waals surface area contributed by atoms with Gasteiger partial charge in [-0.2, -0.15) is 15.8 Å². The maximum absolute atomic E-state index is 10.8. The Morgan fingerprint density at radius 2 is 1.49 bits per heavy atom. The molecule has 51 heavy (non-hydrogen) atoms. The van der Waals surface area contributed by atoms with E-state index in [1.807, 2.05) is 42.5 Å². The fraction of sp³-hybridized carbons (Fsp3) is 0.109. The molecule has 0 radical (unpaired) electrons. The van der Waals surface area contributed by atoms with Crippen LogP contribution in [0.1, 0.15) is 64.5 Å². The van der Waals surface area contributed by atoms with Gasteiger partial charge in [0.25, 0.3) is 0 Å². The number of hydrogen-bond donors (Lipinski definition) is 0. The first-order valence-electron chi connectivity index (χ1n) is 17.3. The number of benzene rings is 4. The van der Waals surface area contributed by atoms with Gasteiger partial charge in [-0.15, -0.1) is 0 Å². The van der Waals surface area contributed by atoms with Crippen LogP contribution < -0.4 is 0 Å². The monoisotopic (exact) mass is 653 g/mol. The van der Waals surface area contributed by atoms with E-state index in [4.69, 9.17) is 0 Å². The fourth-order valence-electron chi connectivity index (χ4n) is 8.20. The molecule has 9 rings (SSSR count). The maximum Gasteiger partial charge on any atom is 0.100 e. The van der Waals surface area contributed by atoms with E-state index in [9.17, 15) is 15.8 Å².